The van der Waals surface area contributed by atoms with Gasteiger partial charge in [-0.15, -0.1) is 0 Å². The normalized spacial score (nSPS) is 11.3. The number of phenols is 1. The van der Waals surface area contributed by atoms with Crippen molar-refractivity contribution in [2.75, 3.05) is 0 Å². The maximum Gasteiger partial charge on any atom is 0.128 e. The van der Waals surface area contributed by atoms with Gasteiger partial charge in [-0.3, -0.25) is 0 Å². The van der Waals surface area contributed by atoms with Crippen LogP contribution in [0.5, 0.6) is 5.75 Å². The Kier molecular flexibility index (Phi) is 7.45. The van der Waals surface area contributed by atoms with Crippen molar-refractivity contribution in [3.8, 4) is 5.75 Å². The highest BCUT2D eigenvalue weighted by molar-refractivity contribution is 6.19. The van der Waals surface area contributed by atoms with E-state index in [9.17, 15) is 0 Å². The van der Waals surface area contributed by atoms with Crippen LogP contribution in [0.25, 0.3) is 0 Å². The zero-order chi connectivity index (χ0) is 10.1. The van der Waals surface area contributed by atoms with Gasteiger partial charge >= 0.3 is 0 Å². The standard InChI is InChI=1S/C6H6O.C4H9ClO/c7-6-4-2-1-3-5-6;1-2-3-4(5)6/h1-5,7H;4,6H,2-3H2,1H3. The van der Waals surface area contributed by atoms with Gasteiger partial charge in [0.15, 0.2) is 0 Å². The molecule has 0 aliphatic heterocycles. The predicted molar refractivity (Wildman–Crippen MR) is 54.9 cm³/mol. The van der Waals surface area contributed by atoms with Crippen molar-refractivity contribution in [2.24, 2.45) is 0 Å². The van der Waals surface area contributed by atoms with Gasteiger partial charge in [0.1, 0.15) is 11.3 Å². The third kappa shape index (κ3) is 9.18. The van der Waals surface area contributed by atoms with Crippen molar-refractivity contribution in [3.05, 3.63) is 30.3 Å². The molecule has 74 valence electrons. The number of phenolic OH excluding ortho intramolecular Hbond substituents is 1. The summed E-state index contributed by atoms with van der Waals surface area (Å²) in [4.78, 5) is 0. The highest BCUT2D eigenvalue weighted by Gasteiger charge is 1.90. The molecule has 2 N–H and O–H groups in total. The van der Waals surface area contributed by atoms with E-state index in [4.69, 9.17) is 21.8 Å². The molecule has 0 saturated carbocycles. The number of alkyl halides is 1. The van der Waals surface area contributed by atoms with E-state index in [1.807, 2.05) is 13.0 Å². The maximum atomic E-state index is 8.63. The number of hydrogen-bond donors (Lipinski definition) is 2. The second kappa shape index (κ2) is 7.90. The fraction of sp³-hybridized carbons (Fsp3) is 0.400. The van der Waals surface area contributed by atoms with Gasteiger partial charge < -0.3 is 10.2 Å². The van der Waals surface area contributed by atoms with Gasteiger partial charge in [0.2, 0.25) is 0 Å². The first-order chi connectivity index (χ1) is 6.16. The van der Waals surface area contributed by atoms with Crippen LogP contribution < -0.4 is 0 Å². The van der Waals surface area contributed by atoms with Crippen LogP contribution in [0, 0.1) is 0 Å². The molecule has 13 heavy (non-hydrogen) atoms. The van der Waals surface area contributed by atoms with Crippen LogP contribution in [0.15, 0.2) is 30.3 Å². The molecule has 1 unspecified atom stereocenters. The fourth-order valence-electron chi connectivity index (χ4n) is 0.666. The van der Waals surface area contributed by atoms with Crippen LogP contribution in [0.1, 0.15) is 19.8 Å². The second-order valence-corrected chi connectivity index (χ2v) is 3.06. The van der Waals surface area contributed by atoms with Gasteiger partial charge in [-0.1, -0.05) is 43.1 Å². The summed E-state index contributed by atoms with van der Waals surface area (Å²) in [6.07, 6.45) is 1.65. The predicted octanol–water partition coefficient (Wildman–Crippen LogP) is 2.74. The van der Waals surface area contributed by atoms with E-state index in [0.717, 1.165) is 6.42 Å². The van der Waals surface area contributed by atoms with Crippen LogP contribution >= 0.6 is 11.6 Å². The Balaban J connectivity index is 0.000000226. The molecular formula is C10H15ClO2. The number of aromatic hydroxyl groups is 1. The lowest BCUT2D eigenvalue weighted by atomic mass is 10.3. The van der Waals surface area contributed by atoms with Gasteiger partial charge in [-0.05, 0) is 18.6 Å². The van der Waals surface area contributed by atoms with Crippen molar-refractivity contribution in [1.82, 2.24) is 0 Å². The first-order valence-electron chi connectivity index (χ1n) is 4.23. The minimum atomic E-state index is -0.630. The lowest BCUT2D eigenvalue weighted by molar-refractivity contribution is 0.244. The van der Waals surface area contributed by atoms with E-state index in [1.54, 1.807) is 24.3 Å². The van der Waals surface area contributed by atoms with Crippen molar-refractivity contribution >= 4 is 11.6 Å². The van der Waals surface area contributed by atoms with E-state index in [-0.39, 0.29) is 0 Å². The Labute approximate surface area is 83.8 Å². The lowest BCUT2D eigenvalue weighted by Crippen LogP contribution is -1.91. The number of halogens is 1. The van der Waals surface area contributed by atoms with E-state index >= 15 is 0 Å². The van der Waals surface area contributed by atoms with Gasteiger partial charge in [0.05, 0.1) is 0 Å². The largest absolute Gasteiger partial charge is 0.508 e. The molecule has 1 aromatic rings. The molecule has 0 amide bonds. The Morgan fingerprint density at radius 3 is 2.00 bits per heavy atom. The molecule has 1 aromatic carbocycles. The molecule has 0 spiro atoms. The number of hydrogen-bond acceptors (Lipinski definition) is 2. The summed E-state index contributed by atoms with van der Waals surface area (Å²) in [6, 6.07) is 8.71. The summed E-state index contributed by atoms with van der Waals surface area (Å²) in [6.45, 7) is 1.98. The second-order valence-electron chi connectivity index (χ2n) is 2.56. The molecule has 3 heteroatoms. The number of aliphatic hydroxyl groups excluding tert-OH is 1. The number of rotatable bonds is 2. The first kappa shape index (κ1) is 12.3. The van der Waals surface area contributed by atoms with E-state index in [1.165, 1.54) is 0 Å². The third-order valence-electron chi connectivity index (χ3n) is 1.28. The Hall–Kier alpha value is -0.730. The quantitative estimate of drug-likeness (QED) is 0.724. The van der Waals surface area contributed by atoms with Gasteiger partial charge in [0.25, 0.3) is 0 Å². The molecule has 0 saturated heterocycles. The third-order valence-corrected chi connectivity index (χ3v) is 1.50. The molecule has 0 bridgehead atoms. The summed E-state index contributed by atoms with van der Waals surface area (Å²) in [7, 11) is 0. The van der Waals surface area contributed by atoms with Crippen molar-refractivity contribution in [2.45, 2.75) is 25.3 Å². The van der Waals surface area contributed by atoms with Crippen LogP contribution in [-0.4, -0.2) is 15.8 Å². The number of benzene rings is 1. The highest BCUT2D eigenvalue weighted by Crippen LogP contribution is 2.02. The molecule has 0 radical (unpaired) electrons. The molecule has 1 rings (SSSR count). The highest BCUT2D eigenvalue weighted by atomic mass is 35.5. The van der Waals surface area contributed by atoms with Crippen LogP contribution in [0.4, 0.5) is 0 Å². The molecule has 0 fully saturated rings. The molecule has 0 aromatic heterocycles. The minimum absolute atomic E-state index is 0.322. The van der Waals surface area contributed by atoms with Crippen LogP contribution in [0.2, 0.25) is 0 Å². The average Bonchev–Trinajstić information content (AvgIpc) is 2.06. The van der Waals surface area contributed by atoms with Crippen molar-refractivity contribution in [3.63, 3.8) is 0 Å². The lowest BCUT2D eigenvalue weighted by Gasteiger charge is -1.92. The Morgan fingerprint density at radius 1 is 1.31 bits per heavy atom. The molecule has 1 atom stereocenters. The Bertz CT molecular complexity index is 199. The van der Waals surface area contributed by atoms with E-state index < -0.39 is 5.56 Å². The zero-order valence-electron chi connectivity index (χ0n) is 7.65. The molecule has 0 aliphatic rings. The smallest absolute Gasteiger partial charge is 0.128 e. The number of para-hydroxylation sites is 1. The van der Waals surface area contributed by atoms with Gasteiger partial charge in [0, 0.05) is 0 Å². The van der Waals surface area contributed by atoms with E-state index in [0.29, 0.717) is 12.2 Å². The fourth-order valence-corrected chi connectivity index (χ4v) is 0.884. The summed E-state index contributed by atoms with van der Waals surface area (Å²) >= 11 is 5.13. The van der Waals surface area contributed by atoms with Gasteiger partial charge in [-0.2, -0.15) is 0 Å². The Morgan fingerprint density at radius 2 is 1.85 bits per heavy atom. The molecule has 0 heterocycles. The van der Waals surface area contributed by atoms with E-state index in [2.05, 4.69) is 0 Å². The number of aliphatic hydroxyl groups is 1. The summed E-state index contributed by atoms with van der Waals surface area (Å²) in [5, 5.41) is 17.0. The van der Waals surface area contributed by atoms with Crippen molar-refractivity contribution < 1.29 is 10.2 Å². The monoisotopic (exact) mass is 202 g/mol. The molecule has 2 nitrogen and oxygen atoms in total. The molecule has 0 aliphatic carbocycles. The molecular weight excluding hydrogens is 188 g/mol. The summed E-state index contributed by atoms with van der Waals surface area (Å²) in [5.41, 5.74) is -0.630. The first-order valence-corrected chi connectivity index (χ1v) is 4.66. The maximum absolute atomic E-state index is 8.63. The van der Waals surface area contributed by atoms with Crippen molar-refractivity contribution in [1.29, 1.82) is 0 Å². The zero-order valence-corrected chi connectivity index (χ0v) is 8.41. The van der Waals surface area contributed by atoms with Crippen LogP contribution in [-0.2, 0) is 0 Å². The van der Waals surface area contributed by atoms with Gasteiger partial charge in [-0.25, -0.2) is 0 Å². The topological polar surface area (TPSA) is 40.5 Å². The van der Waals surface area contributed by atoms with Crippen LogP contribution in [0.3, 0.4) is 0 Å². The minimum Gasteiger partial charge on any atom is -0.508 e. The summed E-state index contributed by atoms with van der Waals surface area (Å²) in [5.74, 6) is 0.322. The average molecular weight is 203 g/mol. The SMILES string of the molecule is CCCC(O)Cl.Oc1ccccc1. The summed E-state index contributed by atoms with van der Waals surface area (Å²) < 4.78 is 0.